The molecule has 0 bridgehead atoms. The maximum absolute atomic E-state index is 6.24. The molecule has 2 rings (SSSR count). The minimum Gasteiger partial charge on any atom is -0.495 e. The van der Waals surface area contributed by atoms with Crippen molar-refractivity contribution in [3.05, 3.63) is 29.4 Å². The molecule has 0 N–H and O–H groups in total. The van der Waals surface area contributed by atoms with Crippen molar-refractivity contribution in [3.63, 3.8) is 0 Å². The first-order chi connectivity index (χ1) is 8.42. The predicted octanol–water partition coefficient (Wildman–Crippen LogP) is 4.07. The zero-order chi connectivity index (χ0) is 13.3. The van der Waals surface area contributed by atoms with Crippen LogP contribution in [0.4, 0.5) is 0 Å². The highest BCUT2D eigenvalue weighted by atomic mass is 35.5. The second-order valence-electron chi connectivity index (χ2n) is 5.00. The predicted molar refractivity (Wildman–Crippen MR) is 73.7 cm³/mol. The maximum atomic E-state index is 6.24. The number of halogens is 1. The topological polar surface area (TPSA) is 31.4 Å². The van der Waals surface area contributed by atoms with Crippen molar-refractivity contribution in [3.8, 4) is 11.5 Å². The van der Waals surface area contributed by atoms with Gasteiger partial charge in [-0.2, -0.15) is 0 Å². The van der Waals surface area contributed by atoms with Gasteiger partial charge in [-0.25, -0.2) is 0 Å². The van der Waals surface area contributed by atoms with Crippen molar-refractivity contribution >= 4 is 22.5 Å². The summed E-state index contributed by atoms with van der Waals surface area (Å²) in [5, 5.41) is 1.40. The Morgan fingerprint density at radius 2 is 1.83 bits per heavy atom. The van der Waals surface area contributed by atoms with Crippen LogP contribution in [0.2, 0.25) is 5.02 Å². The number of benzene rings is 1. The summed E-state index contributed by atoms with van der Waals surface area (Å²) in [4.78, 5) is 4.29. The molecule has 4 heteroatoms. The average molecular weight is 266 g/mol. The number of ether oxygens (including phenoxy) is 2. The Hall–Kier alpha value is -1.48. The molecule has 0 aliphatic heterocycles. The molecule has 0 radical (unpaired) electrons. The lowest BCUT2D eigenvalue weighted by atomic mass is 10.1. The number of hydrogen-bond acceptors (Lipinski definition) is 3. The first-order valence-electron chi connectivity index (χ1n) is 5.72. The van der Waals surface area contributed by atoms with Gasteiger partial charge in [-0.1, -0.05) is 11.6 Å². The normalized spacial score (nSPS) is 11.6. The lowest BCUT2D eigenvalue weighted by Crippen LogP contribution is -2.23. The average Bonchev–Trinajstić information content (AvgIpc) is 2.28. The van der Waals surface area contributed by atoms with Gasteiger partial charge < -0.3 is 9.47 Å². The second kappa shape index (κ2) is 4.65. The summed E-state index contributed by atoms with van der Waals surface area (Å²) >= 11 is 6.24. The quantitative estimate of drug-likeness (QED) is 0.820. The SMILES string of the molecule is COc1ccc2c(OC(C)(C)C)ccnc2c1Cl. The van der Waals surface area contributed by atoms with Crippen molar-refractivity contribution in [2.24, 2.45) is 0 Å². The number of rotatable bonds is 2. The van der Waals surface area contributed by atoms with Gasteiger partial charge in [0.2, 0.25) is 0 Å². The third kappa shape index (κ3) is 2.51. The Morgan fingerprint density at radius 1 is 1.11 bits per heavy atom. The number of hydrogen-bond donors (Lipinski definition) is 0. The fourth-order valence-electron chi connectivity index (χ4n) is 1.72. The van der Waals surface area contributed by atoms with Crippen LogP contribution in [0.5, 0.6) is 11.5 Å². The van der Waals surface area contributed by atoms with E-state index in [1.54, 1.807) is 13.3 Å². The van der Waals surface area contributed by atoms with Gasteiger partial charge in [-0.3, -0.25) is 4.98 Å². The fourth-order valence-corrected chi connectivity index (χ4v) is 2.01. The van der Waals surface area contributed by atoms with Crippen LogP contribution >= 0.6 is 11.6 Å². The third-order valence-electron chi connectivity index (χ3n) is 2.41. The van der Waals surface area contributed by atoms with Crippen molar-refractivity contribution in [1.29, 1.82) is 0 Å². The van der Waals surface area contributed by atoms with Crippen molar-refractivity contribution < 1.29 is 9.47 Å². The molecular formula is C14H16ClNO2. The molecule has 1 aromatic heterocycles. The van der Waals surface area contributed by atoms with Gasteiger partial charge >= 0.3 is 0 Å². The molecule has 2 aromatic rings. The zero-order valence-corrected chi connectivity index (χ0v) is 11.7. The summed E-state index contributed by atoms with van der Waals surface area (Å²) in [7, 11) is 1.59. The molecule has 0 fully saturated rings. The Labute approximate surface area is 112 Å². The van der Waals surface area contributed by atoms with E-state index >= 15 is 0 Å². The number of aromatic nitrogens is 1. The summed E-state index contributed by atoms with van der Waals surface area (Å²) in [6, 6.07) is 5.58. The van der Waals surface area contributed by atoms with Crippen molar-refractivity contribution in [2.45, 2.75) is 26.4 Å². The van der Waals surface area contributed by atoms with Crippen molar-refractivity contribution in [1.82, 2.24) is 4.98 Å². The fraction of sp³-hybridized carbons (Fsp3) is 0.357. The number of fused-ring (bicyclic) bond motifs is 1. The largest absolute Gasteiger partial charge is 0.495 e. The molecule has 0 aliphatic rings. The molecule has 3 nitrogen and oxygen atoms in total. The molecule has 0 saturated heterocycles. The maximum Gasteiger partial charge on any atom is 0.139 e. The van der Waals surface area contributed by atoms with Crippen LogP contribution in [0.3, 0.4) is 0 Å². The van der Waals surface area contributed by atoms with Gasteiger partial charge in [0.15, 0.2) is 0 Å². The lowest BCUT2D eigenvalue weighted by Gasteiger charge is -2.22. The number of pyridine rings is 1. The van der Waals surface area contributed by atoms with Crippen LogP contribution < -0.4 is 9.47 Å². The van der Waals surface area contributed by atoms with Gasteiger partial charge in [0.1, 0.15) is 22.1 Å². The summed E-state index contributed by atoms with van der Waals surface area (Å²) in [6.07, 6.45) is 1.69. The molecule has 0 atom stereocenters. The van der Waals surface area contributed by atoms with Gasteiger partial charge in [-0.15, -0.1) is 0 Å². The summed E-state index contributed by atoms with van der Waals surface area (Å²) in [5.74, 6) is 1.39. The Kier molecular flexibility index (Phi) is 3.35. The molecule has 0 saturated carbocycles. The van der Waals surface area contributed by atoms with E-state index in [0.29, 0.717) is 16.3 Å². The second-order valence-corrected chi connectivity index (χ2v) is 5.38. The van der Waals surface area contributed by atoms with E-state index in [-0.39, 0.29) is 5.60 Å². The number of nitrogens with zero attached hydrogens (tertiary/aromatic N) is 1. The minimum atomic E-state index is -0.263. The van der Waals surface area contributed by atoms with Gasteiger partial charge in [0, 0.05) is 11.6 Å². The summed E-state index contributed by atoms with van der Waals surface area (Å²) in [5.41, 5.74) is 0.429. The van der Waals surface area contributed by atoms with E-state index in [0.717, 1.165) is 11.1 Å². The highest BCUT2D eigenvalue weighted by Crippen LogP contribution is 2.36. The molecule has 0 aliphatic carbocycles. The van der Waals surface area contributed by atoms with Crippen LogP contribution in [0.15, 0.2) is 24.4 Å². The van der Waals surface area contributed by atoms with Gasteiger partial charge in [0.25, 0.3) is 0 Å². The smallest absolute Gasteiger partial charge is 0.139 e. The number of methoxy groups -OCH3 is 1. The molecule has 0 unspecified atom stereocenters. The summed E-state index contributed by atoms with van der Waals surface area (Å²) < 4.78 is 11.1. The van der Waals surface area contributed by atoms with Crippen LogP contribution in [0.1, 0.15) is 20.8 Å². The summed E-state index contributed by atoms with van der Waals surface area (Å²) in [6.45, 7) is 6.01. The third-order valence-corrected chi connectivity index (χ3v) is 2.78. The van der Waals surface area contributed by atoms with Crippen LogP contribution in [-0.2, 0) is 0 Å². The molecule has 0 amide bonds. The minimum absolute atomic E-state index is 0.263. The van der Waals surface area contributed by atoms with E-state index in [2.05, 4.69) is 4.98 Å². The lowest BCUT2D eigenvalue weighted by molar-refractivity contribution is 0.133. The standard InChI is InChI=1S/C14H16ClNO2/c1-14(2,3)18-10-7-8-16-13-9(10)5-6-11(17-4)12(13)15/h5-8H,1-4H3. The van der Waals surface area contributed by atoms with Gasteiger partial charge in [-0.05, 0) is 39.0 Å². The first-order valence-corrected chi connectivity index (χ1v) is 6.10. The van der Waals surface area contributed by atoms with Crippen molar-refractivity contribution in [2.75, 3.05) is 7.11 Å². The van der Waals surface area contributed by atoms with Gasteiger partial charge in [0.05, 0.1) is 12.6 Å². The first kappa shape index (κ1) is 13.0. The highest BCUT2D eigenvalue weighted by Gasteiger charge is 2.16. The Bertz CT molecular complexity index is 576. The molecular weight excluding hydrogens is 250 g/mol. The van der Waals surface area contributed by atoms with E-state index in [4.69, 9.17) is 21.1 Å². The van der Waals surface area contributed by atoms with Crippen LogP contribution in [-0.4, -0.2) is 17.7 Å². The van der Waals surface area contributed by atoms with Crippen LogP contribution in [0, 0.1) is 0 Å². The van der Waals surface area contributed by atoms with Crippen LogP contribution in [0.25, 0.3) is 10.9 Å². The van der Waals surface area contributed by atoms with E-state index in [1.165, 1.54) is 0 Å². The highest BCUT2D eigenvalue weighted by molar-refractivity contribution is 6.36. The Morgan fingerprint density at radius 3 is 2.44 bits per heavy atom. The molecule has 1 heterocycles. The van der Waals surface area contributed by atoms with E-state index < -0.39 is 0 Å². The Balaban J connectivity index is 2.61. The molecule has 96 valence electrons. The molecule has 0 spiro atoms. The monoisotopic (exact) mass is 265 g/mol. The molecule has 18 heavy (non-hydrogen) atoms. The zero-order valence-electron chi connectivity index (χ0n) is 11.0. The van der Waals surface area contributed by atoms with E-state index in [9.17, 15) is 0 Å². The molecule has 1 aromatic carbocycles. The van der Waals surface area contributed by atoms with E-state index in [1.807, 2.05) is 39.0 Å².